The second-order valence-electron chi connectivity index (χ2n) is 6.56. The maximum atomic E-state index is 12.7. The quantitative estimate of drug-likeness (QED) is 0.863. The van der Waals surface area contributed by atoms with E-state index >= 15 is 0 Å². The van der Waals surface area contributed by atoms with Crippen LogP contribution in [0.5, 0.6) is 0 Å². The SMILES string of the molecule is Cc1cnn(CCNC(=O)[C@H]2CCC(=O)N(C)[C@@H]2c2nccn2C)c1. The second kappa shape index (κ2) is 7.08. The average molecular weight is 344 g/mol. The van der Waals surface area contributed by atoms with Gasteiger partial charge in [0.05, 0.1) is 18.7 Å². The molecule has 2 amide bonds. The number of hydrogen-bond donors (Lipinski definition) is 1. The lowest BCUT2D eigenvalue weighted by Gasteiger charge is -2.37. The van der Waals surface area contributed by atoms with Crippen LogP contribution in [0.1, 0.15) is 30.3 Å². The first-order valence-electron chi connectivity index (χ1n) is 8.47. The topological polar surface area (TPSA) is 85.1 Å². The van der Waals surface area contributed by atoms with Crippen molar-refractivity contribution < 1.29 is 9.59 Å². The molecular formula is C17H24N6O2. The first-order valence-corrected chi connectivity index (χ1v) is 8.47. The zero-order valence-electron chi connectivity index (χ0n) is 14.8. The van der Waals surface area contributed by atoms with Crippen LogP contribution in [0.15, 0.2) is 24.8 Å². The number of carbonyl (C=O) groups is 2. The summed E-state index contributed by atoms with van der Waals surface area (Å²) in [5, 5.41) is 7.20. The van der Waals surface area contributed by atoms with Gasteiger partial charge in [0.15, 0.2) is 0 Å². The second-order valence-corrected chi connectivity index (χ2v) is 6.56. The number of imidazole rings is 1. The number of amides is 2. The van der Waals surface area contributed by atoms with Crippen molar-refractivity contribution in [1.82, 2.24) is 29.5 Å². The minimum Gasteiger partial charge on any atom is -0.354 e. The molecule has 2 aromatic heterocycles. The van der Waals surface area contributed by atoms with E-state index in [0.29, 0.717) is 25.9 Å². The van der Waals surface area contributed by atoms with Crippen molar-refractivity contribution in [3.63, 3.8) is 0 Å². The summed E-state index contributed by atoms with van der Waals surface area (Å²) < 4.78 is 3.68. The highest BCUT2D eigenvalue weighted by molar-refractivity contribution is 5.84. The molecule has 1 aliphatic heterocycles. The van der Waals surface area contributed by atoms with Crippen LogP contribution in [-0.2, 0) is 23.2 Å². The highest BCUT2D eigenvalue weighted by Crippen LogP contribution is 2.34. The van der Waals surface area contributed by atoms with Gasteiger partial charge in [-0.15, -0.1) is 0 Å². The molecule has 0 unspecified atom stereocenters. The minimum atomic E-state index is -0.340. The smallest absolute Gasteiger partial charge is 0.225 e. The van der Waals surface area contributed by atoms with Crippen LogP contribution in [0, 0.1) is 12.8 Å². The largest absolute Gasteiger partial charge is 0.354 e. The van der Waals surface area contributed by atoms with Gasteiger partial charge in [0.25, 0.3) is 0 Å². The van der Waals surface area contributed by atoms with Crippen molar-refractivity contribution in [2.75, 3.05) is 13.6 Å². The van der Waals surface area contributed by atoms with Gasteiger partial charge in [-0.1, -0.05) is 0 Å². The van der Waals surface area contributed by atoms with Gasteiger partial charge in [-0.2, -0.15) is 5.10 Å². The Morgan fingerprint density at radius 2 is 2.20 bits per heavy atom. The Morgan fingerprint density at radius 1 is 1.40 bits per heavy atom. The summed E-state index contributed by atoms with van der Waals surface area (Å²) in [6, 6.07) is -0.340. The predicted molar refractivity (Wildman–Crippen MR) is 91.4 cm³/mol. The molecule has 8 heteroatoms. The third-order valence-electron chi connectivity index (χ3n) is 4.72. The molecule has 2 atom stereocenters. The van der Waals surface area contributed by atoms with Gasteiger partial charge < -0.3 is 14.8 Å². The molecule has 0 radical (unpaired) electrons. The first kappa shape index (κ1) is 17.2. The zero-order chi connectivity index (χ0) is 18.0. The summed E-state index contributed by atoms with van der Waals surface area (Å²) in [6.07, 6.45) is 8.17. The summed E-state index contributed by atoms with van der Waals surface area (Å²) in [6.45, 7) is 3.10. The van der Waals surface area contributed by atoms with E-state index in [4.69, 9.17) is 0 Å². The third-order valence-corrected chi connectivity index (χ3v) is 4.72. The number of aryl methyl sites for hydroxylation is 2. The van der Waals surface area contributed by atoms with E-state index in [9.17, 15) is 9.59 Å². The Hall–Kier alpha value is -2.64. The molecule has 3 rings (SSSR count). The fourth-order valence-electron chi connectivity index (χ4n) is 3.34. The van der Waals surface area contributed by atoms with Crippen LogP contribution < -0.4 is 5.32 Å². The van der Waals surface area contributed by atoms with E-state index in [1.807, 2.05) is 35.6 Å². The standard InChI is InChI=1S/C17H24N6O2/c1-12-10-20-23(11-12)9-7-19-17(25)13-4-5-14(24)22(3)15(13)16-18-6-8-21(16)2/h6,8,10-11,13,15H,4-5,7,9H2,1-3H3,(H,19,25)/t13-,15-/m0/s1. The lowest BCUT2D eigenvalue weighted by molar-refractivity contribution is -0.142. The van der Waals surface area contributed by atoms with E-state index < -0.39 is 0 Å². The summed E-state index contributed by atoms with van der Waals surface area (Å²) >= 11 is 0. The molecule has 25 heavy (non-hydrogen) atoms. The van der Waals surface area contributed by atoms with Crippen molar-refractivity contribution >= 4 is 11.8 Å². The molecular weight excluding hydrogens is 320 g/mol. The Kier molecular flexibility index (Phi) is 4.87. The number of likely N-dealkylation sites (tertiary alicyclic amines) is 1. The molecule has 0 aromatic carbocycles. The lowest BCUT2D eigenvalue weighted by atomic mass is 9.87. The lowest BCUT2D eigenvalue weighted by Crippen LogP contribution is -2.47. The zero-order valence-corrected chi connectivity index (χ0v) is 14.8. The van der Waals surface area contributed by atoms with Crippen molar-refractivity contribution in [3.05, 3.63) is 36.2 Å². The Bertz CT molecular complexity index is 765. The highest BCUT2D eigenvalue weighted by Gasteiger charge is 2.40. The number of nitrogens with one attached hydrogen (secondary N) is 1. The molecule has 1 saturated heterocycles. The molecule has 0 saturated carbocycles. The average Bonchev–Trinajstić information content (AvgIpc) is 3.18. The van der Waals surface area contributed by atoms with E-state index in [1.165, 1.54) is 0 Å². The van der Waals surface area contributed by atoms with Gasteiger partial charge in [0, 0.05) is 45.7 Å². The maximum absolute atomic E-state index is 12.7. The van der Waals surface area contributed by atoms with Gasteiger partial charge in [0.2, 0.25) is 11.8 Å². The number of carbonyl (C=O) groups excluding carboxylic acids is 2. The number of rotatable bonds is 5. The Labute approximate surface area is 146 Å². The van der Waals surface area contributed by atoms with E-state index in [0.717, 1.165) is 11.4 Å². The molecule has 0 bridgehead atoms. The number of hydrogen-bond acceptors (Lipinski definition) is 4. The van der Waals surface area contributed by atoms with Gasteiger partial charge in [-0.05, 0) is 18.9 Å². The third kappa shape index (κ3) is 3.57. The summed E-state index contributed by atoms with van der Waals surface area (Å²) in [5.74, 6) is 0.432. The normalized spacial score (nSPS) is 20.8. The maximum Gasteiger partial charge on any atom is 0.225 e. The fraction of sp³-hybridized carbons (Fsp3) is 0.529. The molecule has 0 aliphatic carbocycles. The van der Waals surface area contributed by atoms with Gasteiger partial charge in [-0.3, -0.25) is 14.3 Å². The molecule has 1 N–H and O–H groups in total. The molecule has 1 aliphatic rings. The monoisotopic (exact) mass is 344 g/mol. The molecule has 8 nitrogen and oxygen atoms in total. The number of nitrogens with zero attached hydrogens (tertiary/aromatic N) is 5. The van der Waals surface area contributed by atoms with Crippen LogP contribution in [-0.4, -0.2) is 49.6 Å². The van der Waals surface area contributed by atoms with E-state index in [-0.39, 0.29) is 23.8 Å². The van der Waals surface area contributed by atoms with Crippen molar-refractivity contribution in [3.8, 4) is 0 Å². The van der Waals surface area contributed by atoms with E-state index in [1.54, 1.807) is 24.3 Å². The minimum absolute atomic E-state index is 0.0452. The highest BCUT2D eigenvalue weighted by atomic mass is 16.2. The van der Waals surface area contributed by atoms with Crippen molar-refractivity contribution in [2.45, 2.75) is 32.4 Å². The van der Waals surface area contributed by atoms with Crippen molar-refractivity contribution in [2.24, 2.45) is 13.0 Å². The summed E-state index contributed by atoms with van der Waals surface area (Å²) in [5.41, 5.74) is 1.09. The van der Waals surface area contributed by atoms with E-state index in [2.05, 4.69) is 15.4 Å². The molecule has 0 spiro atoms. The molecule has 1 fully saturated rings. The fourth-order valence-corrected chi connectivity index (χ4v) is 3.34. The van der Waals surface area contributed by atoms with Crippen LogP contribution in [0.25, 0.3) is 0 Å². The molecule has 2 aromatic rings. The Morgan fingerprint density at radius 3 is 2.84 bits per heavy atom. The van der Waals surface area contributed by atoms with Crippen LogP contribution in [0.4, 0.5) is 0 Å². The van der Waals surface area contributed by atoms with Crippen LogP contribution in [0.2, 0.25) is 0 Å². The number of piperidine rings is 1. The van der Waals surface area contributed by atoms with Gasteiger partial charge >= 0.3 is 0 Å². The Balaban J connectivity index is 1.68. The van der Waals surface area contributed by atoms with Gasteiger partial charge in [0.1, 0.15) is 11.9 Å². The predicted octanol–water partition coefficient (Wildman–Crippen LogP) is 0.651. The number of aromatic nitrogens is 4. The molecule has 134 valence electrons. The van der Waals surface area contributed by atoms with Gasteiger partial charge in [-0.25, -0.2) is 4.98 Å². The summed E-state index contributed by atoms with van der Waals surface area (Å²) in [4.78, 5) is 30.9. The molecule has 3 heterocycles. The summed E-state index contributed by atoms with van der Waals surface area (Å²) in [7, 11) is 3.62. The first-order chi connectivity index (χ1) is 12.0. The van der Waals surface area contributed by atoms with Crippen LogP contribution in [0.3, 0.4) is 0 Å². The van der Waals surface area contributed by atoms with Crippen molar-refractivity contribution in [1.29, 1.82) is 0 Å². The van der Waals surface area contributed by atoms with Crippen LogP contribution >= 0.6 is 0 Å².